The highest BCUT2D eigenvalue weighted by Crippen LogP contribution is 2.22. The molecule has 1 N–H and O–H groups in total. The smallest absolute Gasteiger partial charge is 0.229 e. The van der Waals surface area contributed by atoms with Crippen LogP contribution >= 0.6 is 0 Å². The predicted molar refractivity (Wildman–Crippen MR) is 86.7 cm³/mol. The number of nitrogens with zero attached hydrogens (tertiary/aromatic N) is 3. The van der Waals surface area contributed by atoms with Crippen molar-refractivity contribution < 1.29 is 9.18 Å². The molecule has 0 spiro atoms. The van der Waals surface area contributed by atoms with Crippen LogP contribution in [0.2, 0.25) is 0 Å². The fourth-order valence-corrected chi connectivity index (χ4v) is 2.77. The van der Waals surface area contributed by atoms with Gasteiger partial charge in [0, 0.05) is 30.7 Å². The number of anilines is 2. The van der Waals surface area contributed by atoms with Gasteiger partial charge in [-0.1, -0.05) is 6.07 Å². The molecular formula is C17H19FN4O. The number of nitrogens with one attached hydrogen (secondary N) is 1. The highest BCUT2D eigenvalue weighted by Gasteiger charge is 2.27. The van der Waals surface area contributed by atoms with Gasteiger partial charge in [-0.2, -0.15) is 0 Å². The molecule has 1 amide bonds. The van der Waals surface area contributed by atoms with Crippen molar-refractivity contribution in [3.05, 3.63) is 48.0 Å². The maximum absolute atomic E-state index is 13.2. The minimum absolute atomic E-state index is 0.0899. The molecule has 1 aromatic heterocycles. The van der Waals surface area contributed by atoms with Gasteiger partial charge in [0.1, 0.15) is 5.82 Å². The van der Waals surface area contributed by atoms with Gasteiger partial charge in [0.15, 0.2) is 0 Å². The van der Waals surface area contributed by atoms with E-state index in [-0.39, 0.29) is 17.6 Å². The van der Waals surface area contributed by atoms with Crippen molar-refractivity contribution >= 4 is 17.5 Å². The highest BCUT2D eigenvalue weighted by atomic mass is 19.1. The van der Waals surface area contributed by atoms with Gasteiger partial charge in [0.05, 0.1) is 5.92 Å². The second kappa shape index (κ2) is 6.73. The number of aryl methyl sites for hydroxylation is 1. The van der Waals surface area contributed by atoms with E-state index in [0.717, 1.165) is 25.1 Å². The summed E-state index contributed by atoms with van der Waals surface area (Å²) in [6, 6.07) is 7.79. The molecule has 5 nitrogen and oxygen atoms in total. The normalized spacial score (nSPS) is 17.8. The Morgan fingerprint density at radius 1 is 1.39 bits per heavy atom. The van der Waals surface area contributed by atoms with E-state index >= 15 is 0 Å². The van der Waals surface area contributed by atoms with Gasteiger partial charge in [-0.15, -0.1) is 0 Å². The van der Waals surface area contributed by atoms with Gasteiger partial charge in [0.2, 0.25) is 11.9 Å². The Morgan fingerprint density at radius 2 is 2.26 bits per heavy atom. The average molecular weight is 314 g/mol. The summed E-state index contributed by atoms with van der Waals surface area (Å²) >= 11 is 0. The highest BCUT2D eigenvalue weighted by molar-refractivity contribution is 5.93. The summed E-state index contributed by atoms with van der Waals surface area (Å²) in [5.41, 5.74) is 1.39. The molecule has 6 heteroatoms. The Bertz CT molecular complexity index is 706. The van der Waals surface area contributed by atoms with Crippen molar-refractivity contribution in [1.29, 1.82) is 0 Å². The number of hydrogen-bond donors (Lipinski definition) is 1. The zero-order valence-corrected chi connectivity index (χ0v) is 13.0. The number of piperidine rings is 1. The lowest BCUT2D eigenvalue weighted by molar-refractivity contribution is -0.120. The van der Waals surface area contributed by atoms with Crippen LogP contribution in [0.4, 0.5) is 16.0 Å². The third-order valence-electron chi connectivity index (χ3n) is 3.95. The summed E-state index contributed by atoms with van der Waals surface area (Å²) in [4.78, 5) is 23.2. The van der Waals surface area contributed by atoms with Gasteiger partial charge in [-0.25, -0.2) is 14.4 Å². The van der Waals surface area contributed by atoms with Crippen LogP contribution in [0, 0.1) is 18.7 Å². The van der Waals surface area contributed by atoms with E-state index in [9.17, 15) is 9.18 Å². The fourth-order valence-electron chi connectivity index (χ4n) is 2.77. The van der Waals surface area contributed by atoms with Gasteiger partial charge in [-0.3, -0.25) is 4.79 Å². The molecule has 1 saturated heterocycles. The fraction of sp³-hybridized carbons (Fsp3) is 0.353. The van der Waals surface area contributed by atoms with E-state index in [1.54, 1.807) is 18.3 Å². The maximum atomic E-state index is 13.2. The van der Waals surface area contributed by atoms with Crippen LogP contribution in [-0.4, -0.2) is 29.0 Å². The van der Waals surface area contributed by atoms with E-state index in [2.05, 4.69) is 15.3 Å². The minimum Gasteiger partial charge on any atom is -0.340 e. The van der Waals surface area contributed by atoms with Crippen molar-refractivity contribution in [2.75, 3.05) is 23.3 Å². The summed E-state index contributed by atoms with van der Waals surface area (Å²) in [5.74, 6) is 0.0542. The number of benzene rings is 1. The van der Waals surface area contributed by atoms with Crippen LogP contribution in [-0.2, 0) is 4.79 Å². The summed E-state index contributed by atoms with van der Waals surface area (Å²) < 4.78 is 13.2. The predicted octanol–water partition coefficient (Wildman–Crippen LogP) is 2.78. The molecular weight excluding hydrogens is 295 g/mol. The Hall–Kier alpha value is -2.50. The Labute approximate surface area is 134 Å². The lowest BCUT2D eigenvalue weighted by Crippen LogP contribution is -2.41. The monoisotopic (exact) mass is 314 g/mol. The van der Waals surface area contributed by atoms with E-state index in [0.29, 0.717) is 18.2 Å². The van der Waals surface area contributed by atoms with Crippen LogP contribution in [0.25, 0.3) is 0 Å². The first-order chi connectivity index (χ1) is 11.1. The molecule has 0 radical (unpaired) electrons. The number of carbonyl (C=O) groups excluding carboxylic acids is 1. The van der Waals surface area contributed by atoms with E-state index in [1.807, 2.05) is 17.9 Å². The first kappa shape index (κ1) is 15.4. The molecule has 3 rings (SSSR count). The molecule has 0 aliphatic carbocycles. The molecule has 0 saturated carbocycles. The maximum Gasteiger partial charge on any atom is 0.229 e. The second-order valence-corrected chi connectivity index (χ2v) is 5.78. The van der Waals surface area contributed by atoms with Crippen LogP contribution in [0.1, 0.15) is 18.5 Å². The van der Waals surface area contributed by atoms with Crippen molar-refractivity contribution in [2.24, 2.45) is 5.92 Å². The van der Waals surface area contributed by atoms with E-state index in [4.69, 9.17) is 0 Å². The van der Waals surface area contributed by atoms with Crippen molar-refractivity contribution in [1.82, 2.24) is 9.97 Å². The molecule has 120 valence electrons. The molecule has 0 bridgehead atoms. The molecule has 1 fully saturated rings. The van der Waals surface area contributed by atoms with Gasteiger partial charge in [-0.05, 0) is 44.0 Å². The van der Waals surface area contributed by atoms with Crippen molar-refractivity contribution in [3.63, 3.8) is 0 Å². The second-order valence-electron chi connectivity index (χ2n) is 5.78. The Kier molecular flexibility index (Phi) is 4.50. The lowest BCUT2D eigenvalue weighted by Gasteiger charge is -2.32. The molecule has 23 heavy (non-hydrogen) atoms. The average Bonchev–Trinajstić information content (AvgIpc) is 2.55. The number of aromatic nitrogens is 2. The number of rotatable bonds is 3. The molecule has 2 aromatic rings. The third-order valence-corrected chi connectivity index (χ3v) is 3.95. The Balaban J connectivity index is 1.67. The van der Waals surface area contributed by atoms with Crippen LogP contribution in [0.15, 0.2) is 36.5 Å². The molecule has 1 aromatic carbocycles. The van der Waals surface area contributed by atoms with Gasteiger partial charge < -0.3 is 10.2 Å². The molecule has 2 heterocycles. The number of halogens is 1. The zero-order valence-electron chi connectivity index (χ0n) is 13.0. The third kappa shape index (κ3) is 3.83. The quantitative estimate of drug-likeness (QED) is 0.946. The summed E-state index contributed by atoms with van der Waals surface area (Å²) in [7, 11) is 0. The number of hydrogen-bond acceptors (Lipinski definition) is 4. The molecule has 1 atom stereocenters. The Morgan fingerprint density at radius 3 is 3.04 bits per heavy atom. The largest absolute Gasteiger partial charge is 0.340 e. The summed E-state index contributed by atoms with van der Waals surface area (Å²) in [5, 5.41) is 2.79. The molecule has 1 aliphatic heterocycles. The number of carbonyl (C=O) groups is 1. The first-order valence-corrected chi connectivity index (χ1v) is 7.73. The summed E-state index contributed by atoms with van der Waals surface area (Å²) in [6.45, 7) is 3.33. The standard InChI is InChI=1S/C17H19FN4O/c1-12-7-8-19-17(20-12)22-9-3-4-13(11-22)16(23)21-15-6-2-5-14(18)10-15/h2,5-8,10,13H,3-4,9,11H2,1H3,(H,21,23). The van der Waals surface area contributed by atoms with E-state index < -0.39 is 0 Å². The van der Waals surface area contributed by atoms with Crippen LogP contribution in [0.3, 0.4) is 0 Å². The van der Waals surface area contributed by atoms with Crippen molar-refractivity contribution in [3.8, 4) is 0 Å². The zero-order chi connectivity index (χ0) is 16.2. The SMILES string of the molecule is Cc1ccnc(N2CCCC(C(=O)Nc3cccc(F)c3)C2)n1. The first-order valence-electron chi connectivity index (χ1n) is 7.73. The molecule has 1 unspecified atom stereocenters. The number of amides is 1. The molecule has 1 aliphatic rings. The van der Waals surface area contributed by atoms with Crippen LogP contribution in [0.5, 0.6) is 0 Å². The lowest BCUT2D eigenvalue weighted by atomic mass is 9.97. The van der Waals surface area contributed by atoms with Gasteiger partial charge in [0.25, 0.3) is 0 Å². The minimum atomic E-state index is -0.360. The topological polar surface area (TPSA) is 58.1 Å². The van der Waals surface area contributed by atoms with Crippen molar-refractivity contribution in [2.45, 2.75) is 19.8 Å². The van der Waals surface area contributed by atoms with Crippen LogP contribution < -0.4 is 10.2 Å². The van der Waals surface area contributed by atoms with Gasteiger partial charge >= 0.3 is 0 Å². The summed E-state index contributed by atoms with van der Waals surface area (Å²) in [6.07, 6.45) is 3.44. The van der Waals surface area contributed by atoms with E-state index in [1.165, 1.54) is 12.1 Å².